The largest absolute Gasteiger partial charge is 0.116 e. The number of benzene rings is 4. The molecule has 0 N–H and O–H groups in total. The minimum Gasteiger partial charge on any atom is -0.0654 e. The summed E-state index contributed by atoms with van der Waals surface area (Å²) in [6.45, 7) is 2.30. The van der Waals surface area contributed by atoms with Crippen LogP contribution in [0.4, 0.5) is 0 Å². The van der Waals surface area contributed by atoms with Crippen LogP contribution >= 0.6 is 7.26 Å². The molecule has 4 aromatic carbocycles. The SMILES string of the molecule is CCCCCCCCCCCCc1ccccc1[P+](Cc1ccccc1)(c1ccccc1)c1ccccc1. The Hall–Kier alpha value is -2.69. The average Bonchev–Trinajstić information content (AvgIpc) is 2.99. The van der Waals surface area contributed by atoms with Crippen LogP contribution in [0.25, 0.3) is 0 Å². The molecule has 0 unspecified atom stereocenters. The van der Waals surface area contributed by atoms with Crippen molar-refractivity contribution in [3.8, 4) is 0 Å². The van der Waals surface area contributed by atoms with Crippen LogP contribution in [-0.4, -0.2) is 0 Å². The zero-order valence-electron chi connectivity index (χ0n) is 23.4. The van der Waals surface area contributed by atoms with E-state index >= 15 is 0 Å². The molecule has 0 fully saturated rings. The van der Waals surface area contributed by atoms with Gasteiger partial charge in [0, 0.05) is 0 Å². The highest BCUT2D eigenvalue weighted by molar-refractivity contribution is 7.95. The Bertz CT molecular complexity index is 1130. The fourth-order valence-corrected chi connectivity index (χ4v) is 10.3. The molecule has 198 valence electrons. The van der Waals surface area contributed by atoms with E-state index in [1.807, 2.05) is 0 Å². The Morgan fingerprint density at radius 3 is 1.45 bits per heavy atom. The quantitative estimate of drug-likeness (QED) is 0.102. The molecule has 0 aliphatic rings. The van der Waals surface area contributed by atoms with Crippen molar-refractivity contribution in [1.82, 2.24) is 0 Å². The average molecular weight is 522 g/mol. The lowest BCUT2D eigenvalue weighted by atomic mass is 10.0. The second-order valence-electron chi connectivity index (χ2n) is 10.7. The van der Waals surface area contributed by atoms with Gasteiger partial charge in [0.1, 0.15) is 23.2 Å². The van der Waals surface area contributed by atoms with Crippen LogP contribution in [0.15, 0.2) is 115 Å². The van der Waals surface area contributed by atoms with E-state index in [1.165, 1.54) is 86.8 Å². The molecule has 0 heterocycles. The van der Waals surface area contributed by atoms with E-state index in [0.29, 0.717) is 0 Å². The maximum atomic E-state index is 2.45. The van der Waals surface area contributed by atoms with E-state index in [4.69, 9.17) is 0 Å². The fraction of sp³-hybridized carbons (Fsp3) is 0.351. The van der Waals surface area contributed by atoms with Gasteiger partial charge in [-0.25, -0.2) is 0 Å². The van der Waals surface area contributed by atoms with E-state index in [2.05, 4.69) is 122 Å². The molecule has 0 nitrogen and oxygen atoms in total. The lowest BCUT2D eigenvalue weighted by Crippen LogP contribution is -2.34. The second kappa shape index (κ2) is 15.7. The van der Waals surface area contributed by atoms with Gasteiger partial charge in [0.05, 0.1) is 6.16 Å². The molecule has 38 heavy (non-hydrogen) atoms. The summed E-state index contributed by atoms with van der Waals surface area (Å²) in [5, 5.41) is 4.52. The highest BCUT2D eigenvalue weighted by Gasteiger charge is 2.46. The number of rotatable bonds is 16. The monoisotopic (exact) mass is 521 g/mol. The summed E-state index contributed by atoms with van der Waals surface area (Å²) in [6.07, 6.45) is 16.0. The molecule has 0 saturated carbocycles. The minimum absolute atomic E-state index is 1.05. The Labute approximate surface area is 232 Å². The van der Waals surface area contributed by atoms with Crippen LogP contribution in [0.5, 0.6) is 0 Å². The van der Waals surface area contributed by atoms with Gasteiger partial charge in [-0.3, -0.25) is 0 Å². The Morgan fingerprint density at radius 1 is 0.447 bits per heavy atom. The van der Waals surface area contributed by atoms with Crippen LogP contribution < -0.4 is 15.9 Å². The molecule has 0 spiro atoms. The normalized spacial score (nSPS) is 11.5. The van der Waals surface area contributed by atoms with Crippen molar-refractivity contribution in [2.45, 2.75) is 83.7 Å². The lowest BCUT2D eigenvalue weighted by molar-refractivity contribution is 0.556. The second-order valence-corrected chi connectivity index (χ2v) is 14.1. The number of aryl methyl sites for hydroxylation is 1. The van der Waals surface area contributed by atoms with Gasteiger partial charge in [0.2, 0.25) is 0 Å². The molecule has 0 saturated heterocycles. The first kappa shape index (κ1) is 28.3. The number of hydrogen-bond acceptors (Lipinski definition) is 0. The van der Waals surface area contributed by atoms with Gasteiger partial charge in [-0.05, 0) is 54.3 Å². The molecule has 0 aromatic heterocycles. The maximum Gasteiger partial charge on any atom is 0.116 e. The lowest BCUT2D eigenvalue weighted by Gasteiger charge is -2.29. The van der Waals surface area contributed by atoms with Gasteiger partial charge in [0.25, 0.3) is 0 Å². The highest BCUT2D eigenvalue weighted by Crippen LogP contribution is 2.58. The number of hydrogen-bond donors (Lipinski definition) is 0. The zero-order chi connectivity index (χ0) is 26.3. The number of unbranched alkanes of at least 4 members (excludes halogenated alkanes) is 9. The van der Waals surface area contributed by atoms with Gasteiger partial charge in [-0.15, -0.1) is 0 Å². The summed E-state index contributed by atoms with van der Waals surface area (Å²) in [6, 6.07) is 43.2. The van der Waals surface area contributed by atoms with Gasteiger partial charge >= 0.3 is 0 Å². The van der Waals surface area contributed by atoms with Crippen molar-refractivity contribution >= 4 is 23.2 Å². The van der Waals surface area contributed by atoms with E-state index in [9.17, 15) is 0 Å². The predicted molar refractivity (Wildman–Crippen MR) is 171 cm³/mol. The summed E-state index contributed by atoms with van der Waals surface area (Å²) >= 11 is 0. The van der Waals surface area contributed by atoms with Gasteiger partial charge in [0.15, 0.2) is 0 Å². The van der Waals surface area contributed by atoms with Gasteiger partial charge < -0.3 is 0 Å². The molecule has 4 aromatic rings. The summed E-state index contributed by atoms with van der Waals surface area (Å²) in [7, 11) is -1.89. The topological polar surface area (TPSA) is 0 Å². The Morgan fingerprint density at radius 2 is 0.895 bits per heavy atom. The third-order valence-corrected chi connectivity index (χ3v) is 12.3. The molecule has 0 bridgehead atoms. The minimum atomic E-state index is -1.89. The van der Waals surface area contributed by atoms with Gasteiger partial charge in [-0.1, -0.05) is 150 Å². The van der Waals surface area contributed by atoms with Crippen LogP contribution in [0.1, 0.15) is 82.3 Å². The molecule has 0 atom stereocenters. The first-order chi connectivity index (χ1) is 18.8. The molecule has 0 aliphatic carbocycles. The van der Waals surface area contributed by atoms with Crippen LogP contribution in [0.3, 0.4) is 0 Å². The summed E-state index contributed by atoms with van der Waals surface area (Å²) in [4.78, 5) is 0. The van der Waals surface area contributed by atoms with Crippen molar-refractivity contribution in [3.05, 3.63) is 126 Å². The summed E-state index contributed by atoms with van der Waals surface area (Å²) in [5.41, 5.74) is 2.96. The zero-order valence-corrected chi connectivity index (χ0v) is 24.3. The third-order valence-electron chi connectivity index (χ3n) is 7.86. The summed E-state index contributed by atoms with van der Waals surface area (Å²) < 4.78 is 0. The van der Waals surface area contributed by atoms with E-state index < -0.39 is 7.26 Å². The molecule has 0 radical (unpaired) electrons. The Kier molecular flexibility index (Phi) is 11.7. The molecular formula is C37H46P+. The fourth-order valence-electron chi connectivity index (χ4n) is 5.81. The summed E-state index contributed by atoms with van der Waals surface area (Å²) in [5.74, 6) is 0. The van der Waals surface area contributed by atoms with E-state index in [0.717, 1.165) is 6.16 Å². The molecule has 0 amide bonds. The van der Waals surface area contributed by atoms with Gasteiger partial charge in [-0.2, -0.15) is 0 Å². The predicted octanol–water partition coefficient (Wildman–Crippen LogP) is 9.64. The van der Waals surface area contributed by atoms with Crippen LogP contribution in [-0.2, 0) is 12.6 Å². The standard InChI is InChI=1S/C37H46P/c1-2-3-4-5-6-7-8-9-10-16-25-34-26-21-22-31-37(34)38(35-27-17-12-18-28-35,36-29-19-13-20-30-36)32-33-23-14-11-15-24-33/h11-15,17-24,26-31H,2-10,16,25,32H2,1H3/q+1. The molecular weight excluding hydrogens is 475 g/mol. The van der Waals surface area contributed by atoms with Crippen LogP contribution in [0.2, 0.25) is 0 Å². The van der Waals surface area contributed by atoms with Crippen molar-refractivity contribution in [1.29, 1.82) is 0 Å². The molecule has 0 aliphatic heterocycles. The molecule has 1 heteroatoms. The third kappa shape index (κ3) is 7.68. The highest BCUT2D eigenvalue weighted by atomic mass is 31.2. The van der Waals surface area contributed by atoms with E-state index in [-0.39, 0.29) is 0 Å². The molecule has 4 rings (SSSR count). The van der Waals surface area contributed by atoms with Crippen molar-refractivity contribution in [2.24, 2.45) is 0 Å². The first-order valence-corrected chi connectivity index (χ1v) is 16.9. The maximum absolute atomic E-state index is 2.45. The van der Waals surface area contributed by atoms with Crippen LogP contribution in [0, 0.1) is 0 Å². The smallest absolute Gasteiger partial charge is 0.0654 e. The van der Waals surface area contributed by atoms with Crippen molar-refractivity contribution in [2.75, 3.05) is 0 Å². The first-order valence-electron chi connectivity index (χ1n) is 15.0. The Balaban J connectivity index is 1.58. The van der Waals surface area contributed by atoms with Crippen molar-refractivity contribution in [3.63, 3.8) is 0 Å². The van der Waals surface area contributed by atoms with E-state index in [1.54, 1.807) is 10.9 Å². The van der Waals surface area contributed by atoms with Crippen molar-refractivity contribution < 1.29 is 0 Å².